The molecule has 1 aromatic rings. The topological polar surface area (TPSA) is 49.3 Å². The van der Waals surface area contributed by atoms with E-state index in [1.165, 1.54) is 11.3 Å². The molecule has 0 aromatic carbocycles. The molecular formula is C12H15Cl2NO2S. The Kier molecular flexibility index (Phi) is 4.90. The third kappa shape index (κ3) is 3.60. The van der Waals surface area contributed by atoms with Gasteiger partial charge in [-0.3, -0.25) is 4.79 Å². The van der Waals surface area contributed by atoms with E-state index in [4.69, 9.17) is 28.3 Å². The Labute approximate surface area is 120 Å². The molecule has 1 aromatic heterocycles. The number of thiophene rings is 1. The van der Waals surface area contributed by atoms with E-state index in [1.54, 1.807) is 0 Å². The van der Waals surface area contributed by atoms with Crippen molar-refractivity contribution in [2.45, 2.75) is 38.3 Å². The van der Waals surface area contributed by atoms with Crippen LogP contribution in [0.3, 0.4) is 0 Å². The molecule has 18 heavy (non-hydrogen) atoms. The van der Waals surface area contributed by atoms with Crippen molar-refractivity contribution in [3.63, 3.8) is 0 Å². The second kappa shape index (κ2) is 6.24. The van der Waals surface area contributed by atoms with Gasteiger partial charge in [0.15, 0.2) is 0 Å². The van der Waals surface area contributed by atoms with Gasteiger partial charge in [-0.15, -0.1) is 11.3 Å². The predicted molar refractivity (Wildman–Crippen MR) is 74.6 cm³/mol. The maximum Gasteiger partial charge on any atom is 0.306 e. The first-order valence-corrected chi connectivity index (χ1v) is 7.53. The van der Waals surface area contributed by atoms with Gasteiger partial charge in [-0.05, 0) is 37.3 Å². The predicted octanol–water partition coefficient (Wildman–Crippen LogP) is 3.79. The quantitative estimate of drug-likeness (QED) is 0.890. The SMILES string of the molecule is O=C(O)C1CCC(NCc2cc(Cl)sc2Cl)CC1. The molecule has 6 heteroatoms. The molecule has 0 amide bonds. The fraction of sp³-hybridized carbons (Fsp3) is 0.583. The molecule has 0 radical (unpaired) electrons. The summed E-state index contributed by atoms with van der Waals surface area (Å²) in [6.45, 7) is 0.699. The van der Waals surface area contributed by atoms with Crippen molar-refractivity contribution in [1.82, 2.24) is 5.32 Å². The fourth-order valence-corrected chi connectivity index (χ4v) is 3.78. The first-order chi connectivity index (χ1) is 8.56. The van der Waals surface area contributed by atoms with Gasteiger partial charge in [0.2, 0.25) is 0 Å². The Balaban J connectivity index is 1.79. The summed E-state index contributed by atoms with van der Waals surface area (Å²) in [5.41, 5.74) is 1.02. The van der Waals surface area contributed by atoms with Gasteiger partial charge in [-0.1, -0.05) is 23.2 Å². The van der Waals surface area contributed by atoms with Crippen LogP contribution in [0.15, 0.2) is 6.07 Å². The Hall–Kier alpha value is -0.290. The van der Waals surface area contributed by atoms with Gasteiger partial charge in [0.05, 0.1) is 14.6 Å². The summed E-state index contributed by atoms with van der Waals surface area (Å²) in [5.74, 6) is -0.830. The lowest BCUT2D eigenvalue weighted by molar-refractivity contribution is -0.142. The maximum absolute atomic E-state index is 10.8. The summed E-state index contributed by atoms with van der Waals surface area (Å²) in [6, 6.07) is 2.26. The highest BCUT2D eigenvalue weighted by Crippen LogP contribution is 2.31. The van der Waals surface area contributed by atoms with Crippen molar-refractivity contribution in [3.05, 3.63) is 20.3 Å². The molecular weight excluding hydrogens is 293 g/mol. The van der Waals surface area contributed by atoms with Gasteiger partial charge in [0, 0.05) is 12.6 Å². The van der Waals surface area contributed by atoms with E-state index >= 15 is 0 Å². The molecule has 0 spiro atoms. The highest BCUT2D eigenvalue weighted by molar-refractivity contribution is 7.20. The maximum atomic E-state index is 10.8. The monoisotopic (exact) mass is 307 g/mol. The average Bonchev–Trinajstić information content (AvgIpc) is 2.66. The Bertz CT molecular complexity index is 428. The van der Waals surface area contributed by atoms with Crippen molar-refractivity contribution in [3.8, 4) is 0 Å². The third-order valence-corrected chi connectivity index (χ3v) is 4.95. The first-order valence-electron chi connectivity index (χ1n) is 5.96. The number of nitrogens with one attached hydrogen (secondary N) is 1. The standard InChI is InChI=1S/C12H15Cl2NO2S/c13-10-5-8(11(14)18-10)6-15-9-3-1-7(2-4-9)12(16)17/h5,7,9,15H,1-4,6H2,(H,16,17). The summed E-state index contributed by atoms with van der Waals surface area (Å²) < 4.78 is 1.43. The number of carboxylic acids is 1. The van der Waals surface area contributed by atoms with Gasteiger partial charge in [-0.2, -0.15) is 0 Å². The second-order valence-electron chi connectivity index (χ2n) is 4.62. The molecule has 0 atom stereocenters. The zero-order chi connectivity index (χ0) is 13.1. The van der Waals surface area contributed by atoms with Crippen LogP contribution in [0.25, 0.3) is 0 Å². The first kappa shape index (κ1) is 14.1. The molecule has 100 valence electrons. The van der Waals surface area contributed by atoms with E-state index in [0.29, 0.717) is 16.9 Å². The summed E-state index contributed by atoms with van der Waals surface area (Å²) in [7, 11) is 0. The van der Waals surface area contributed by atoms with E-state index in [-0.39, 0.29) is 5.92 Å². The van der Waals surface area contributed by atoms with E-state index in [2.05, 4.69) is 5.32 Å². The Morgan fingerprint density at radius 3 is 2.56 bits per heavy atom. The van der Waals surface area contributed by atoms with Crippen molar-refractivity contribution < 1.29 is 9.90 Å². The van der Waals surface area contributed by atoms with E-state index in [0.717, 1.165) is 35.6 Å². The minimum absolute atomic E-state index is 0.165. The number of carbonyl (C=O) groups is 1. The van der Waals surface area contributed by atoms with Crippen LogP contribution in [0.4, 0.5) is 0 Å². The average molecular weight is 308 g/mol. The molecule has 2 N–H and O–H groups in total. The zero-order valence-electron chi connectivity index (χ0n) is 9.79. The van der Waals surface area contributed by atoms with Crippen molar-refractivity contribution >= 4 is 40.5 Å². The number of hydrogen-bond donors (Lipinski definition) is 2. The number of hydrogen-bond acceptors (Lipinski definition) is 3. The summed E-state index contributed by atoms with van der Waals surface area (Å²) >= 11 is 13.3. The van der Waals surface area contributed by atoms with Crippen molar-refractivity contribution in [2.24, 2.45) is 5.92 Å². The molecule has 1 aliphatic rings. The van der Waals surface area contributed by atoms with Crippen LogP contribution in [0.2, 0.25) is 8.67 Å². The summed E-state index contributed by atoms with van der Waals surface area (Å²) in [4.78, 5) is 10.8. The molecule has 0 unspecified atom stereocenters. The van der Waals surface area contributed by atoms with Crippen LogP contribution in [-0.4, -0.2) is 17.1 Å². The lowest BCUT2D eigenvalue weighted by Gasteiger charge is -2.26. The smallest absolute Gasteiger partial charge is 0.306 e. The molecule has 0 aliphatic heterocycles. The van der Waals surface area contributed by atoms with E-state index in [1.807, 2.05) is 6.07 Å². The largest absolute Gasteiger partial charge is 0.481 e. The second-order valence-corrected chi connectivity index (χ2v) is 6.90. The van der Waals surface area contributed by atoms with Crippen LogP contribution >= 0.6 is 34.5 Å². The molecule has 0 bridgehead atoms. The summed E-state index contributed by atoms with van der Waals surface area (Å²) in [6.07, 6.45) is 3.33. The highest BCUT2D eigenvalue weighted by atomic mass is 35.5. The van der Waals surface area contributed by atoms with Crippen LogP contribution in [0.5, 0.6) is 0 Å². The minimum atomic E-state index is -0.666. The summed E-state index contributed by atoms with van der Waals surface area (Å²) in [5, 5.41) is 12.3. The molecule has 3 nitrogen and oxygen atoms in total. The lowest BCUT2D eigenvalue weighted by atomic mass is 9.86. The Morgan fingerprint density at radius 1 is 1.39 bits per heavy atom. The van der Waals surface area contributed by atoms with E-state index in [9.17, 15) is 4.79 Å². The number of halogens is 2. The van der Waals surface area contributed by atoms with Crippen LogP contribution in [0.1, 0.15) is 31.2 Å². The van der Waals surface area contributed by atoms with Gasteiger partial charge in [0.25, 0.3) is 0 Å². The molecule has 0 saturated heterocycles. The van der Waals surface area contributed by atoms with Gasteiger partial charge in [0.1, 0.15) is 0 Å². The van der Waals surface area contributed by atoms with Crippen molar-refractivity contribution in [2.75, 3.05) is 0 Å². The number of carboxylic acid groups (broad SMARTS) is 1. The molecule has 1 aliphatic carbocycles. The van der Waals surface area contributed by atoms with Gasteiger partial charge >= 0.3 is 5.97 Å². The van der Waals surface area contributed by atoms with Crippen LogP contribution in [-0.2, 0) is 11.3 Å². The molecule has 1 fully saturated rings. The van der Waals surface area contributed by atoms with Crippen molar-refractivity contribution in [1.29, 1.82) is 0 Å². The minimum Gasteiger partial charge on any atom is -0.481 e. The van der Waals surface area contributed by atoms with Crippen LogP contribution < -0.4 is 5.32 Å². The molecule has 1 heterocycles. The third-order valence-electron chi connectivity index (χ3n) is 3.38. The Morgan fingerprint density at radius 2 is 2.06 bits per heavy atom. The lowest BCUT2D eigenvalue weighted by Crippen LogP contribution is -2.34. The van der Waals surface area contributed by atoms with E-state index < -0.39 is 5.97 Å². The van der Waals surface area contributed by atoms with Gasteiger partial charge < -0.3 is 10.4 Å². The zero-order valence-corrected chi connectivity index (χ0v) is 12.1. The number of rotatable bonds is 4. The highest BCUT2D eigenvalue weighted by Gasteiger charge is 2.25. The van der Waals surface area contributed by atoms with Crippen LogP contribution in [0, 0.1) is 5.92 Å². The molecule has 2 rings (SSSR count). The van der Waals surface area contributed by atoms with Gasteiger partial charge in [-0.25, -0.2) is 0 Å². The fourth-order valence-electron chi connectivity index (χ4n) is 2.29. The number of aliphatic carboxylic acids is 1. The normalized spacial score (nSPS) is 24.1. The molecule has 1 saturated carbocycles.